The summed E-state index contributed by atoms with van der Waals surface area (Å²) in [4.78, 5) is 22.6. The summed E-state index contributed by atoms with van der Waals surface area (Å²) in [6.07, 6.45) is 5.29. The minimum atomic E-state index is -0.482. The SMILES string of the molecule is CCOC(=O)CC(C)(c1cnccn1)N(CC)CC. The second kappa shape index (κ2) is 7.19. The Bertz CT molecular complexity index is 393. The zero-order valence-electron chi connectivity index (χ0n) is 12.2. The molecular formula is C14H23N3O2. The predicted molar refractivity (Wildman–Crippen MR) is 73.6 cm³/mol. The predicted octanol–water partition coefficient (Wildman–Crippen LogP) is 1.99. The van der Waals surface area contributed by atoms with E-state index in [2.05, 4.69) is 28.7 Å². The third kappa shape index (κ3) is 3.73. The number of hydrogen-bond donors (Lipinski definition) is 0. The molecule has 0 amide bonds. The van der Waals surface area contributed by atoms with Gasteiger partial charge in [0.15, 0.2) is 0 Å². The molecule has 19 heavy (non-hydrogen) atoms. The van der Waals surface area contributed by atoms with Crippen molar-refractivity contribution in [1.29, 1.82) is 0 Å². The fourth-order valence-corrected chi connectivity index (χ4v) is 2.36. The maximum Gasteiger partial charge on any atom is 0.308 e. The van der Waals surface area contributed by atoms with E-state index in [0.29, 0.717) is 6.61 Å². The van der Waals surface area contributed by atoms with Crippen LogP contribution < -0.4 is 0 Å². The topological polar surface area (TPSA) is 55.3 Å². The molecule has 0 aliphatic heterocycles. The number of nitrogens with zero attached hydrogens (tertiary/aromatic N) is 3. The lowest BCUT2D eigenvalue weighted by atomic mass is 9.91. The molecule has 0 saturated heterocycles. The minimum Gasteiger partial charge on any atom is -0.466 e. The third-order valence-corrected chi connectivity index (χ3v) is 3.37. The first-order valence-electron chi connectivity index (χ1n) is 6.75. The van der Waals surface area contributed by atoms with Gasteiger partial charge in [0.2, 0.25) is 0 Å². The van der Waals surface area contributed by atoms with Gasteiger partial charge in [0.25, 0.3) is 0 Å². The van der Waals surface area contributed by atoms with Crippen LogP contribution in [-0.4, -0.2) is 40.5 Å². The third-order valence-electron chi connectivity index (χ3n) is 3.37. The van der Waals surface area contributed by atoms with Gasteiger partial charge in [-0.3, -0.25) is 19.7 Å². The van der Waals surface area contributed by atoms with Gasteiger partial charge in [-0.1, -0.05) is 13.8 Å². The molecule has 1 aromatic rings. The molecular weight excluding hydrogens is 242 g/mol. The lowest BCUT2D eigenvalue weighted by molar-refractivity contribution is -0.146. The van der Waals surface area contributed by atoms with Gasteiger partial charge in [0.1, 0.15) is 0 Å². The Hall–Kier alpha value is -1.49. The lowest BCUT2D eigenvalue weighted by Gasteiger charge is -2.38. The van der Waals surface area contributed by atoms with Gasteiger partial charge >= 0.3 is 5.97 Å². The molecule has 1 rings (SSSR count). The van der Waals surface area contributed by atoms with Crippen molar-refractivity contribution in [2.45, 2.75) is 39.7 Å². The van der Waals surface area contributed by atoms with E-state index in [1.807, 2.05) is 13.8 Å². The number of esters is 1. The first-order valence-corrected chi connectivity index (χ1v) is 6.75. The number of carbonyl (C=O) groups is 1. The van der Waals surface area contributed by atoms with Gasteiger partial charge in [-0.05, 0) is 26.9 Å². The van der Waals surface area contributed by atoms with E-state index in [-0.39, 0.29) is 12.4 Å². The summed E-state index contributed by atoms with van der Waals surface area (Å²) in [5.74, 6) is -0.206. The summed E-state index contributed by atoms with van der Waals surface area (Å²) < 4.78 is 5.08. The van der Waals surface area contributed by atoms with E-state index in [4.69, 9.17) is 4.74 Å². The highest BCUT2D eigenvalue weighted by Gasteiger charge is 2.36. The van der Waals surface area contributed by atoms with Crippen LogP contribution in [-0.2, 0) is 15.1 Å². The van der Waals surface area contributed by atoms with Crippen LogP contribution in [0.15, 0.2) is 18.6 Å². The summed E-state index contributed by atoms with van der Waals surface area (Å²) in [6, 6.07) is 0. The maximum absolute atomic E-state index is 11.9. The van der Waals surface area contributed by atoms with Crippen molar-refractivity contribution in [3.05, 3.63) is 24.3 Å². The van der Waals surface area contributed by atoms with E-state index in [9.17, 15) is 4.79 Å². The van der Waals surface area contributed by atoms with Crippen molar-refractivity contribution in [2.24, 2.45) is 0 Å². The van der Waals surface area contributed by atoms with E-state index in [1.54, 1.807) is 18.6 Å². The number of carbonyl (C=O) groups excluding carboxylic acids is 1. The molecule has 0 aliphatic rings. The summed E-state index contributed by atoms with van der Waals surface area (Å²) in [5, 5.41) is 0. The molecule has 1 heterocycles. The zero-order valence-corrected chi connectivity index (χ0v) is 12.2. The Morgan fingerprint density at radius 1 is 1.32 bits per heavy atom. The van der Waals surface area contributed by atoms with Gasteiger partial charge in [0, 0.05) is 12.4 Å². The Labute approximate surface area is 115 Å². The van der Waals surface area contributed by atoms with Crippen molar-refractivity contribution in [1.82, 2.24) is 14.9 Å². The van der Waals surface area contributed by atoms with Crippen molar-refractivity contribution >= 4 is 5.97 Å². The van der Waals surface area contributed by atoms with Crippen LogP contribution in [0.4, 0.5) is 0 Å². The molecule has 0 saturated carbocycles. The fraction of sp³-hybridized carbons (Fsp3) is 0.643. The molecule has 0 aliphatic carbocycles. The normalized spacial score (nSPS) is 14.2. The van der Waals surface area contributed by atoms with Crippen LogP contribution in [0.1, 0.15) is 39.8 Å². The Morgan fingerprint density at radius 2 is 2.00 bits per heavy atom. The summed E-state index contributed by atoms with van der Waals surface area (Å²) in [7, 11) is 0. The van der Waals surface area contributed by atoms with Crippen molar-refractivity contribution in [3.8, 4) is 0 Å². The molecule has 1 unspecified atom stereocenters. The van der Waals surface area contributed by atoms with E-state index >= 15 is 0 Å². The lowest BCUT2D eigenvalue weighted by Crippen LogP contribution is -2.46. The molecule has 0 aromatic carbocycles. The smallest absolute Gasteiger partial charge is 0.308 e. The largest absolute Gasteiger partial charge is 0.466 e. The molecule has 0 N–H and O–H groups in total. The standard InChI is InChI=1S/C14H23N3O2/c1-5-17(6-2)14(4,10-13(18)19-7-3)12-11-15-8-9-16-12/h8-9,11H,5-7,10H2,1-4H3. The summed E-state index contributed by atoms with van der Waals surface area (Å²) in [6.45, 7) is 10.0. The molecule has 5 heteroatoms. The minimum absolute atomic E-state index is 0.206. The first-order chi connectivity index (χ1) is 9.08. The van der Waals surface area contributed by atoms with Crippen molar-refractivity contribution in [3.63, 3.8) is 0 Å². The highest BCUT2D eigenvalue weighted by atomic mass is 16.5. The quantitative estimate of drug-likeness (QED) is 0.706. The number of aromatic nitrogens is 2. The van der Waals surface area contributed by atoms with Gasteiger partial charge in [-0.15, -0.1) is 0 Å². The average Bonchev–Trinajstić information content (AvgIpc) is 2.41. The van der Waals surface area contributed by atoms with Gasteiger partial charge < -0.3 is 4.74 Å². The van der Waals surface area contributed by atoms with E-state index < -0.39 is 5.54 Å². The second-order valence-corrected chi connectivity index (χ2v) is 4.52. The Balaban J connectivity index is 3.06. The van der Waals surface area contributed by atoms with Crippen molar-refractivity contribution < 1.29 is 9.53 Å². The van der Waals surface area contributed by atoms with Gasteiger partial charge in [-0.2, -0.15) is 0 Å². The maximum atomic E-state index is 11.9. The molecule has 5 nitrogen and oxygen atoms in total. The molecule has 106 valence electrons. The molecule has 0 spiro atoms. The van der Waals surface area contributed by atoms with Gasteiger partial charge in [-0.25, -0.2) is 0 Å². The average molecular weight is 265 g/mol. The van der Waals surface area contributed by atoms with Crippen LogP contribution in [0.2, 0.25) is 0 Å². The monoisotopic (exact) mass is 265 g/mol. The highest BCUT2D eigenvalue weighted by Crippen LogP contribution is 2.30. The van der Waals surface area contributed by atoms with Crippen LogP contribution in [0, 0.1) is 0 Å². The fourth-order valence-electron chi connectivity index (χ4n) is 2.36. The van der Waals surface area contributed by atoms with Crippen LogP contribution in [0.5, 0.6) is 0 Å². The van der Waals surface area contributed by atoms with Crippen LogP contribution in [0.25, 0.3) is 0 Å². The molecule has 0 radical (unpaired) electrons. The Morgan fingerprint density at radius 3 is 2.47 bits per heavy atom. The summed E-state index contributed by atoms with van der Waals surface area (Å²) >= 11 is 0. The van der Waals surface area contributed by atoms with Gasteiger partial charge in [0.05, 0.1) is 30.5 Å². The van der Waals surface area contributed by atoms with Crippen LogP contribution >= 0.6 is 0 Å². The zero-order chi connectivity index (χ0) is 14.3. The highest BCUT2D eigenvalue weighted by molar-refractivity contribution is 5.71. The molecule has 1 atom stereocenters. The first kappa shape index (κ1) is 15.6. The van der Waals surface area contributed by atoms with E-state index in [1.165, 1.54) is 0 Å². The molecule has 1 aromatic heterocycles. The van der Waals surface area contributed by atoms with E-state index in [0.717, 1.165) is 18.8 Å². The molecule has 0 fully saturated rings. The van der Waals surface area contributed by atoms with Crippen LogP contribution in [0.3, 0.4) is 0 Å². The second-order valence-electron chi connectivity index (χ2n) is 4.52. The number of hydrogen-bond acceptors (Lipinski definition) is 5. The Kier molecular flexibility index (Phi) is 5.89. The van der Waals surface area contributed by atoms with Crippen molar-refractivity contribution in [2.75, 3.05) is 19.7 Å². The summed E-state index contributed by atoms with van der Waals surface area (Å²) in [5.41, 5.74) is 0.316. The number of ether oxygens (including phenoxy) is 1. The molecule has 0 bridgehead atoms. The number of rotatable bonds is 7.